The summed E-state index contributed by atoms with van der Waals surface area (Å²) in [7, 11) is 0. The van der Waals surface area contributed by atoms with Crippen molar-refractivity contribution in [1.82, 2.24) is 9.97 Å². The Balaban J connectivity index is 3.10. The Hall–Kier alpha value is -1.07. The third kappa shape index (κ3) is 1.49. The molecule has 4 nitrogen and oxygen atoms in total. The van der Waals surface area contributed by atoms with Gasteiger partial charge in [0.25, 0.3) is 5.56 Å². The van der Waals surface area contributed by atoms with Gasteiger partial charge in [-0.15, -0.1) is 0 Å². The van der Waals surface area contributed by atoms with Gasteiger partial charge in [0, 0.05) is 9.50 Å². The molecular formula is C8H4BrClN2O2. The summed E-state index contributed by atoms with van der Waals surface area (Å²) in [5, 5.41) is 0.833. The number of hydrogen-bond donors (Lipinski definition) is 2. The van der Waals surface area contributed by atoms with Crippen LogP contribution in [0.3, 0.4) is 0 Å². The highest BCUT2D eigenvalue weighted by Crippen LogP contribution is 2.23. The van der Waals surface area contributed by atoms with E-state index in [-0.39, 0.29) is 0 Å². The van der Waals surface area contributed by atoms with Gasteiger partial charge in [0.15, 0.2) is 0 Å². The van der Waals surface area contributed by atoms with Crippen LogP contribution in [0.2, 0.25) is 5.02 Å². The molecule has 2 rings (SSSR count). The Morgan fingerprint density at radius 1 is 1.21 bits per heavy atom. The van der Waals surface area contributed by atoms with Crippen LogP contribution in [0.4, 0.5) is 0 Å². The Morgan fingerprint density at radius 3 is 2.64 bits per heavy atom. The van der Waals surface area contributed by atoms with Crippen molar-refractivity contribution in [2.45, 2.75) is 0 Å². The molecule has 0 bridgehead atoms. The Morgan fingerprint density at radius 2 is 1.93 bits per heavy atom. The standard InChI is InChI=1S/C8H4BrClN2O2/c9-4-1-3(10)2-5-6(4)7(13)12-8(14)11-5/h1-2H,(H2,11,12,13,14). The van der Waals surface area contributed by atoms with Gasteiger partial charge in [0.05, 0.1) is 10.9 Å². The summed E-state index contributed by atoms with van der Waals surface area (Å²) >= 11 is 8.96. The molecule has 0 unspecified atom stereocenters. The van der Waals surface area contributed by atoms with Crippen molar-refractivity contribution in [2.75, 3.05) is 0 Å². The second kappa shape index (κ2) is 3.25. The summed E-state index contributed by atoms with van der Waals surface area (Å²) in [4.78, 5) is 27.0. The molecule has 0 saturated carbocycles. The first-order chi connectivity index (χ1) is 6.58. The maximum absolute atomic E-state index is 11.4. The van der Waals surface area contributed by atoms with Gasteiger partial charge in [-0.25, -0.2) is 4.79 Å². The van der Waals surface area contributed by atoms with E-state index in [4.69, 9.17) is 11.6 Å². The highest BCUT2D eigenvalue weighted by atomic mass is 79.9. The third-order valence-corrected chi connectivity index (χ3v) is 2.60. The fraction of sp³-hybridized carbons (Fsp3) is 0. The fourth-order valence-electron chi connectivity index (χ4n) is 1.22. The number of halogens is 2. The summed E-state index contributed by atoms with van der Waals surface area (Å²) in [5.41, 5.74) is -0.568. The SMILES string of the molecule is O=c1[nH]c(=O)c2c(Br)cc(Cl)cc2[nH]1. The Bertz CT molecular complexity index is 617. The van der Waals surface area contributed by atoms with Gasteiger partial charge in [-0.05, 0) is 28.1 Å². The minimum atomic E-state index is -0.545. The predicted octanol–water partition coefficient (Wildman–Crippen LogP) is 1.63. The summed E-state index contributed by atoms with van der Waals surface area (Å²) in [6.45, 7) is 0. The molecule has 0 spiro atoms. The molecule has 0 aliphatic heterocycles. The number of nitrogens with one attached hydrogen (secondary N) is 2. The molecule has 0 amide bonds. The maximum atomic E-state index is 11.4. The van der Waals surface area contributed by atoms with Crippen molar-refractivity contribution in [3.05, 3.63) is 42.5 Å². The summed E-state index contributed by atoms with van der Waals surface area (Å²) in [6, 6.07) is 3.12. The van der Waals surface area contributed by atoms with Crippen LogP contribution in [0.5, 0.6) is 0 Å². The van der Waals surface area contributed by atoms with Crippen LogP contribution in [0, 0.1) is 0 Å². The monoisotopic (exact) mass is 274 g/mol. The lowest BCUT2D eigenvalue weighted by Gasteiger charge is -1.99. The first-order valence-corrected chi connectivity index (χ1v) is 4.86. The van der Waals surface area contributed by atoms with Crippen molar-refractivity contribution in [1.29, 1.82) is 0 Å². The normalized spacial score (nSPS) is 10.7. The van der Waals surface area contributed by atoms with Gasteiger partial charge in [-0.2, -0.15) is 0 Å². The van der Waals surface area contributed by atoms with Crippen molar-refractivity contribution in [2.24, 2.45) is 0 Å². The van der Waals surface area contributed by atoms with Crippen LogP contribution in [0.15, 0.2) is 26.2 Å². The van der Waals surface area contributed by atoms with E-state index in [1.165, 1.54) is 6.07 Å². The molecule has 72 valence electrons. The molecule has 2 aromatic rings. The lowest BCUT2D eigenvalue weighted by molar-refractivity contribution is 1.08. The molecule has 1 aromatic heterocycles. The molecule has 0 aliphatic rings. The smallest absolute Gasteiger partial charge is 0.307 e. The molecule has 0 fully saturated rings. The molecule has 6 heteroatoms. The first kappa shape index (κ1) is 9.48. The highest BCUT2D eigenvalue weighted by molar-refractivity contribution is 9.10. The van der Waals surface area contributed by atoms with Crippen molar-refractivity contribution >= 4 is 38.4 Å². The molecule has 14 heavy (non-hydrogen) atoms. The molecule has 0 radical (unpaired) electrons. The zero-order valence-electron chi connectivity index (χ0n) is 6.73. The lowest BCUT2D eigenvalue weighted by atomic mass is 10.2. The number of H-pyrrole nitrogens is 2. The number of aromatic amines is 2. The molecule has 1 heterocycles. The van der Waals surface area contributed by atoms with Crippen LogP contribution >= 0.6 is 27.5 Å². The second-order valence-corrected chi connectivity index (χ2v) is 4.01. The zero-order valence-corrected chi connectivity index (χ0v) is 9.07. The quantitative estimate of drug-likeness (QED) is 0.767. The van der Waals surface area contributed by atoms with E-state index in [1.54, 1.807) is 6.07 Å². The summed E-state index contributed by atoms with van der Waals surface area (Å²) in [6.07, 6.45) is 0. The molecule has 0 aliphatic carbocycles. The minimum absolute atomic E-state index is 0.383. The number of hydrogen-bond acceptors (Lipinski definition) is 2. The molecule has 0 atom stereocenters. The van der Waals surface area contributed by atoms with E-state index in [0.29, 0.717) is 20.4 Å². The van der Waals surface area contributed by atoms with E-state index in [2.05, 4.69) is 25.9 Å². The molecule has 2 N–H and O–H groups in total. The molecule has 0 saturated heterocycles. The van der Waals surface area contributed by atoms with Gasteiger partial charge in [-0.1, -0.05) is 11.6 Å². The topological polar surface area (TPSA) is 65.7 Å². The van der Waals surface area contributed by atoms with Crippen LogP contribution in [0.25, 0.3) is 10.9 Å². The van der Waals surface area contributed by atoms with Gasteiger partial charge in [-0.3, -0.25) is 9.78 Å². The van der Waals surface area contributed by atoms with Crippen molar-refractivity contribution in [3.8, 4) is 0 Å². The largest absolute Gasteiger partial charge is 0.326 e. The van der Waals surface area contributed by atoms with E-state index in [1.807, 2.05) is 0 Å². The molecular weight excluding hydrogens is 271 g/mol. The number of fused-ring (bicyclic) bond motifs is 1. The number of rotatable bonds is 0. The lowest BCUT2D eigenvalue weighted by Crippen LogP contribution is -2.22. The minimum Gasteiger partial charge on any atom is -0.307 e. The van der Waals surface area contributed by atoms with Crippen LogP contribution in [0.1, 0.15) is 0 Å². The first-order valence-electron chi connectivity index (χ1n) is 3.69. The van der Waals surface area contributed by atoms with E-state index in [9.17, 15) is 9.59 Å². The Kier molecular flexibility index (Phi) is 2.20. The highest BCUT2D eigenvalue weighted by Gasteiger charge is 2.05. The fourth-order valence-corrected chi connectivity index (χ4v) is 2.21. The van der Waals surface area contributed by atoms with Gasteiger partial charge in [0.2, 0.25) is 0 Å². The van der Waals surface area contributed by atoms with Crippen LogP contribution < -0.4 is 11.2 Å². The number of aromatic nitrogens is 2. The average molecular weight is 275 g/mol. The van der Waals surface area contributed by atoms with Crippen LogP contribution in [-0.4, -0.2) is 9.97 Å². The number of benzene rings is 1. The van der Waals surface area contributed by atoms with Gasteiger partial charge >= 0.3 is 5.69 Å². The van der Waals surface area contributed by atoms with Crippen molar-refractivity contribution < 1.29 is 0 Å². The predicted molar refractivity (Wildman–Crippen MR) is 57.9 cm³/mol. The Labute approximate surface area is 91.0 Å². The van der Waals surface area contributed by atoms with E-state index >= 15 is 0 Å². The summed E-state index contributed by atoms with van der Waals surface area (Å²) < 4.78 is 0.553. The zero-order chi connectivity index (χ0) is 10.3. The van der Waals surface area contributed by atoms with Crippen LogP contribution in [-0.2, 0) is 0 Å². The summed E-state index contributed by atoms with van der Waals surface area (Å²) in [5.74, 6) is 0. The van der Waals surface area contributed by atoms with Crippen molar-refractivity contribution in [3.63, 3.8) is 0 Å². The van der Waals surface area contributed by atoms with E-state index in [0.717, 1.165) is 0 Å². The van der Waals surface area contributed by atoms with Gasteiger partial charge in [0.1, 0.15) is 0 Å². The maximum Gasteiger partial charge on any atom is 0.326 e. The van der Waals surface area contributed by atoms with E-state index < -0.39 is 11.2 Å². The molecule has 1 aromatic carbocycles. The van der Waals surface area contributed by atoms with Gasteiger partial charge < -0.3 is 4.98 Å². The third-order valence-electron chi connectivity index (χ3n) is 1.76. The second-order valence-electron chi connectivity index (χ2n) is 2.72. The average Bonchev–Trinajstić information content (AvgIpc) is 1.99.